The minimum atomic E-state index is -2.88. The van der Waals surface area contributed by atoms with Crippen molar-refractivity contribution >= 4 is 28.0 Å². The van der Waals surface area contributed by atoms with Gasteiger partial charge in [0, 0.05) is 94.3 Å². The zero-order chi connectivity index (χ0) is 37.1. The molecule has 14 nitrogen and oxygen atoms in total. The third-order valence-electron chi connectivity index (χ3n) is 6.09. The molecule has 0 saturated carbocycles. The number of hydrogen-bond donors (Lipinski definition) is 2. The SMILES string of the molecule is CCO[Si](OCC)(OCC)c1ccc(-c2ccccn2)nc1.CCO[Si](OCC)(OCC)c1ccc(-c2ccccn2)nc1.N#CO.N#CO.[Ru]. The van der Waals surface area contributed by atoms with Gasteiger partial charge in [0.15, 0.2) is 0 Å². The van der Waals surface area contributed by atoms with Crippen molar-refractivity contribution < 1.29 is 56.2 Å². The number of hydrogen-bond acceptors (Lipinski definition) is 14. The maximum Gasteiger partial charge on any atom is 0.538 e. The fraction of sp³-hybridized carbons (Fsp3) is 0.353. The predicted molar refractivity (Wildman–Crippen MR) is 191 cm³/mol. The summed E-state index contributed by atoms with van der Waals surface area (Å²) < 4.78 is 35.3. The molecule has 0 atom stereocenters. The van der Waals surface area contributed by atoms with Crippen LogP contribution in [0.5, 0.6) is 0 Å². The van der Waals surface area contributed by atoms with Crippen LogP contribution in [0.3, 0.4) is 0 Å². The van der Waals surface area contributed by atoms with Gasteiger partial charge in [-0.25, -0.2) is 0 Å². The molecule has 0 spiro atoms. The average molecular weight is 824 g/mol. The largest absolute Gasteiger partial charge is 0.538 e. The number of nitriles is 2. The van der Waals surface area contributed by atoms with E-state index in [1.54, 1.807) is 24.8 Å². The first-order valence-electron chi connectivity index (χ1n) is 16.0. The minimum absolute atomic E-state index is 0. The van der Waals surface area contributed by atoms with Crippen LogP contribution in [0.25, 0.3) is 22.8 Å². The Morgan fingerprint density at radius 3 is 0.961 bits per heavy atom. The van der Waals surface area contributed by atoms with E-state index in [9.17, 15) is 0 Å². The van der Waals surface area contributed by atoms with Crippen molar-refractivity contribution in [1.82, 2.24) is 19.9 Å². The molecule has 0 aliphatic carbocycles. The van der Waals surface area contributed by atoms with Crippen LogP contribution in [0.1, 0.15) is 41.5 Å². The zero-order valence-electron chi connectivity index (χ0n) is 29.7. The summed E-state index contributed by atoms with van der Waals surface area (Å²) in [6.45, 7) is 14.9. The van der Waals surface area contributed by atoms with Crippen molar-refractivity contribution in [3.63, 3.8) is 0 Å². The van der Waals surface area contributed by atoms with Crippen LogP contribution in [-0.4, -0.2) is 87.4 Å². The topological polar surface area (TPSA) is 195 Å². The van der Waals surface area contributed by atoms with Crippen LogP contribution in [-0.2, 0) is 46.0 Å². The van der Waals surface area contributed by atoms with E-state index in [4.69, 9.17) is 47.3 Å². The molecule has 276 valence electrons. The maximum atomic E-state index is 6.88. The molecule has 0 aliphatic rings. The zero-order valence-corrected chi connectivity index (χ0v) is 33.4. The van der Waals surface area contributed by atoms with E-state index in [-0.39, 0.29) is 19.5 Å². The van der Waals surface area contributed by atoms with Gasteiger partial charge in [-0.1, -0.05) is 24.3 Å². The second-order valence-electron chi connectivity index (χ2n) is 9.20. The van der Waals surface area contributed by atoms with Crippen LogP contribution in [0.4, 0.5) is 0 Å². The molecular formula is C34H46N6O8RuSi2. The van der Waals surface area contributed by atoms with Gasteiger partial charge in [-0.15, -0.1) is 0 Å². The van der Waals surface area contributed by atoms with Gasteiger partial charge in [0.25, 0.3) is 12.5 Å². The maximum absolute atomic E-state index is 6.88. The standard InChI is InChI=1S/2C16H22N2O3Si.2CHNO.Ru/c2*1-4-19-22(20-5-2,21-6-3)14-10-11-16(18-13-14)15-9-7-8-12-17-15;2*2-1-3;/h2*7-13H,4-6H2,1-3H3;2*3H;. The van der Waals surface area contributed by atoms with E-state index >= 15 is 0 Å². The first kappa shape index (κ1) is 47.0. The van der Waals surface area contributed by atoms with E-state index in [0.29, 0.717) is 39.6 Å². The van der Waals surface area contributed by atoms with Crippen molar-refractivity contribution in [2.24, 2.45) is 0 Å². The van der Waals surface area contributed by atoms with E-state index < -0.39 is 17.6 Å². The fourth-order valence-electron chi connectivity index (χ4n) is 4.37. The molecule has 2 N–H and O–H groups in total. The fourth-order valence-corrected chi connectivity index (χ4v) is 9.17. The molecule has 4 heterocycles. The molecule has 4 rings (SSSR count). The van der Waals surface area contributed by atoms with Crippen molar-refractivity contribution in [3.05, 3.63) is 85.5 Å². The first-order valence-corrected chi connectivity index (χ1v) is 19.4. The summed E-state index contributed by atoms with van der Waals surface area (Å²) in [5.41, 5.74) is 3.31. The Labute approximate surface area is 315 Å². The van der Waals surface area contributed by atoms with Gasteiger partial charge in [-0.3, -0.25) is 19.9 Å². The number of aliphatic hydroxyl groups excluding tert-OH is 2. The number of nitrogens with zero attached hydrogens (tertiary/aromatic N) is 6. The molecule has 0 unspecified atom stereocenters. The number of aromatic nitrogens is 4. The second kappa shape index (κ2) is 27.7. The molecule has 0 bridgehead atoms. The van der Waals surface area contributed by atoms with Gasteiger partial charge in [0.1, 0.15) is 0 Å². The smallest absolute Gasteiger partial charge is 0.443 e. The Kier molecular flexibility index (Phi) is 25.5. The summed E-state index contributed by atoms with van der Waals surface area (Å²) in [4.78, 5) is 17.6. The van der Waals surface area contributed by atoms with Gasteiger partial charge in [0.2, 0.25) is 0 Å². The Hall–Kier alpha value is -4.00. The Bertz CT molecular complexity index is 1380. The van der Waals surface area contributed by atoms with Crippen LogP contribution in [0.15, 0.2) is 85.5 Å². The number of aliphatic hydroxyl groups is 2. The molecule has 0 fully saturated rings. The third kappa shape index (κ3) is 15.4. The Morgan fingerprint density at radius 2 is 0.765 bits per heavy atom. The molecule has 51 heavy (non-hydrogen) atoms. The van der Waals surface area contributed by atoms with Crippen molar-refractivity contribution in [1.29, 1.82) is 10.5 Å². The summed E-state index contributed by atoms with van der Waals surface area (Å²) in [7, 11) is -5.76. The molecule has 0 aromatic carbocycles. The van der Waals surface area contributed by atoms with Crippen molar-refractivity contribution in [2.75, 3.05) is 39.6 Å². The normalized spacial score (nSPS) is 10.3. The van der Waals surface area contributed by atoms with Crippen molar-refractivity contribution in [2.45, 2.75) is 41.5 Å². The molecule has 0 amide bonds. The van der Waals surface area contributed by atoms with Crippen molar-refractivity contribution in [3.8, 4) is 35.3 Å². The Morgan fingerprint density at radius 1 is 0.490 bits per heavy atom. The summed E-state index contributed by atoms with van der Waals surface area (Å²) in [5.74, 6) is 0. The van der Waals surface area contributed by atoms with Gasteiger partial charge in [-0.2, -0.15) is 10.5 Å². The summed E-state index contributed by atoms with van der Waals surface area (Å²) in [5, 5.41) is 29.2. The molecule has 4 aromatic heterocycles. The van der Waals surface area contributed by atoms with Crippen LogP contribution in [0.2, 0.25) is 0 Å². The van der Waals surface area contributed by atoms with E-state index in [1.807, 2.05) is 102 Å². The van der Waals surface area contributed by atoms with E-state index in [2.05, 4.69) is 19.9 Å². The average Bonchev–Trinajstić information content (AvgIpc) is 3.14. The van der Waals surface area contributed by atoms with Gasteiger partial charge in [-0.05, 0) is 77.9 Å². The number of rotatable bonds is 16. The minimum Gasteiger partial charge on any atom is -0.443 e. The molecule has 0 radical (unpaired) electrons. The van der Waals surface area contributed by atoms with Gasteiger partial charge >= 0.3 is 17.6 Å². The van der Waals surface area contributed by atoms with Gasteiger partial charge < -0.3 is 36.8 Å². The van der Waals surface area contributed by atoms with Crippen LogP contribution < -0.4 is 10.4 Å². The van der Waals surface area contributed by atoms with E-state index in [0.717, 1.165) is 45.7 Å². The quantitative estimate of drug-likeness (QED) is 0.119. The molecule has 4 aromatic rings. The van der Waals surface area contributed by atoms with Crippen LogP contribution >= 0.6 is 0 Å². The summed E-state index contributed by atoms with van der Waals surface area (Å²) in [6, 6.07) is 19.3. The molecule has 0 aliphatic heterocycles. The van der Waals surface area contributed by atoms with E-state index in [1.165, 1.54) is 0 Å². The second-order valence-corrected chi connectivity index (χ2v) is 14.3. The summed E-state index contributed by atoms with van der Waals surface area (Å²) >= 11 is 0. The first-order chi connectivity index (χ1) is 24.3. The summed E-state index contributed by atoms with van der Waals surface area (Å²) in [6.07, 6.45) is 8.56. The monoisotopic (exact) mass is 824 g/mol. The Balaban J connectivity index is 0.000000835. The predicted octanol–water partition coefficient (Wildman–Crippen LogP) is 4.48. The van der Waals surface area contributed by atoms with Gasteiger partial charge in [0.05, 0.1) is 22.8 Å². The third-order valence-corrected chi connectivity index (χ3v) is 12.1. The molecule has 17 heteroatoms. The van der Waals surface area contributed by atoms with Crippen LogP contribution in [0, 0.1) is 23.0 Å². The number of pyridine rings is 4. The molecule has 0 saturated heterocycles. The molecular weight excluding hydrogens is 778 g/mol.